The molecule has 6 nitrogen and oxygen atoms in total. The van der Waals surface area contributed by atoms with E-state index in [1.165, 1.54) is 0 Å². The molecule has 134 valence electrons. The van der Waals surface area contributed by atoms with Crippen LogP contribution in [0.1, 0.15) is 25.8 Å². The first-order valence-electron chi connectivity index (χ1n) is 8.28. The van der Waals surface area contributed by atoms with Crippen LogP contribution in [0.4, 0.5) is 0 Å². The topological polar surface area (TPSA) is 75.7 Å². The van der Waals surface area contributed by atoms with Crippen LogP contribution in [0.15, 0.2) is 30.3 Å². The fourth-order valence-corrected chi connectivity index (χ4v) is 4.07. The van der Waals surface area contributed by atoms with Crippen molar-refractivity contribution in [2.24, 2.45) is 5.92 Å². The monoisotopic (exact) mass is 354 g/mol. The highest BCUT2D eigenvalue weighted by atomic mass is 32.2. The lowest BCUT2D eigenvalue weighted by Crippen LogP contribution is -2.52. The summed E-state index contributed by atoms with van der Waals surface area (Å²) in [5.74, 6) is -0.0817. The minimum Gasteiger partial charge on any atom is -0.378 e. The van der Waals surface area contributed by atoms with E-state index in [-0.39, 0.29) is 17.6 Å². The molecule has 0 unspecified atom stereocenters. The number of carbonyl (C=O) groups excluding carboxylic acids is 1. The summed E-state index contributed by atoms with van der Waals surface area (Å²) in [6.07, 6.45) is 0.476. The molecule has 1 fully saturated rings. The molecular formula is C17H26N2O4S. The molecule has 0 radical (unpaired) electrons. The van der Waals surface area contributed by atoms with Crippen molar-refractivity contribution >= 4 is 15.9 Å². The van der Waals surface area contributed by atoms with Gasteiger partial charge in [0.15, 0.2) is 0 Å². The highest BCUT2D eigenvalue weighted by Crippen LogP contribution is 2.12. The molecule has 1 aromatic carbocycles. The van der Waals surface area contributed by atoms with E-state index in [0.717, 1.165) is 0 Å². The van der Waals surface area contributed by atoms with E-state index in [2.05, 4.69) is 4.72 Å². The van der Waals surface area contributed by atoms with E-state index in [1.807, 2.05) is 19.9 Å². The van der Waals surface area contributed by atoms with Crippen molar-refractivity contribution in [1.82, 2.24) is 9.62 Å². The van der Waals surface area contributed by atoms with Crippen molar-refractivity contribution < 1.29 is 17.9 Å². The van der Waals surface area contributed by atoms with Crippen molar-refractivity contribution in [3.8, 4) is 0 Å². The summed E-state index contributed by atoms with van der Waals surface area (Å²) in [4.78, 5) is 14.4. The molecule has 1 N–H and O–H groups in total. The smallest absolute Gasteiger partial charge is 0.240 e. The number of nitrogens with one attached hydrogen (secondary N) is 1. The van der Waals surface area contributed by atoms with Crippen LogP contribution < -0.4 is 4.72 Å². The van der Waals surface area contributed by atoms with Gasteiger partial charge in [0.1, 0.15) is 6.04 Å². The fraction of sp³-hybridized carbons (Fsp3) is 0.588. The molecule has 1 atom stereocenters. The van der Waals surface area contributed by atoms with Gasteiger partial charge in [0, 0.05) is 13.1 Å². The Hall–Kier alpha value is -1.44. The van der Waals surface area contributed by atoms with Gasteiger partial charge in [-0.3, -0.25) is 4.79 Å². The van der Waals surface area contributed by atoms with Crippen LogP contribution in [0, 0.1) is 5.92 Å². The molecular weight excluding hydrogens is 328 g/mol. The summed E-state index contributed by atoms with van der Waals surface area (Å²) in [5, 5.41) is 0. The van der Waals surface area contributed by atoms with Gasteiger partial charge in [0.2, 0.25) is 15.9 Å². The van der Waals surface area contributed by atoms with Crippen LogP contribution in [0.2, 0.25) is 0 Å². The minimum atomic E-state index is -3.59. The van der Waals surface area contributed by atoms with Gasteiger partial charge in [-0.05, 0) is 17.9 Å². The Labute approximate surface area is 144 Å². The number of hydrogen-bond donors (Lipinski definition) is 1. The molecule has 1 saturated heterocycles. The fourth-order valence-electron chi connectivity index (χ4n) is 2.73. The number of rotatable bonds is 7. The van der Waals surface area contributed by atoms with Gasteiger partial charge < -0.3 is 9.64 Å². The maximum Gasteiger partial charge on any atom is 0.240 e. The number of carbonyl (C=O) groups is 1. The maximum absolute atomic E-state index is 12.7. The molecule has 0 bridgehead atoms. The standard InChI is InChI=1S/C17H26N2O4S/c1-14(2)12-16(17(20)19-8-10-23-11-9-19)18-24(21,22)13-15-6-4-3-5-7-15/h3-7,14,16,18H,8-13H2,1-2H3/t16-/m0/s1. The van der Waals surface area contributed by atoms with Gasteiger partial charge in [0.25, 0.3) is 0 Å². The Morgan fingerprint density at radius 2 is 1.83 bits per heavy atom. The normalized spacial score (nSPS) is 17.0. The van der Waals surface area contributed by atoms with Crippen LogP contribution in [0.3, 0.4) is 0 Å². The van der Waals surface area contributed by atoms with Crippen LogP contribution >= 0.6 is 0 Å². The molecule has 1 amide bonds. The molecule has 2 rings (SSSR count). The van der Waals surface area contributed by atoms with Gasteiger partial charge in [-0.15, -0.1) is 0 Å². The molecule has 7 heteroatoms. The second-order valence-electron chi connectivity index (χ2n) is 6.48. The minimum absolute atomic E-state index is 0.126. The van der Waals surface area contributed by atoms with Crippen LogP contribution in [-0.4, -0.2) is 51.6 Å². The summed E-state index contributed by atoms with van der Waals surface area (Å²) in [6.45, 7) is 5.96. The van der Waals surface area contributed by atoms with Gasteiger partial charge in [-0.25, -0.2) is 13.1 Å². The number of morpholine rings is 1. The van der Waals surface area contributed by atoms with Crippen LogP contribution in [0.25, 0.3) is 0 Å². The number of nitrogens with zero attached hydrogens (tertiary/aromatic N) is 1. The molecule has 1 aliphatic rings. The predicted molar refractivity (Wildman–Crippen MR) is 92.8 cm³/mol. The van der Waals surface area contributed by atoms with Crippen molar-refractivity contribution in [1.29, 1.82) is 0 Å². The van der Waals surface area contributed by atoms with Gasteiger partial charge in [-0.1, -0.05) is 44.2 Å². The number of hydrogen-bond acceptors (Lipinski definition) is 4. The maximum atomic E-state index is 12.7. The Kier molecular flexibility index (Phi) is 6.77. The van der Waals surface area contributed by atoms with E-state index in [0.29, 0.717) is 38.3 Å². The first-order valence-corrected chi connectivity index (χ1v) is 9.93. The quantitative estimate of drug-likeness (QED) is 0.803. The predicted octanol–water partition coefficient (Wildman–Crippen LogP) is 1.38. The molecule has 1 aliphatic heterocycles. The Balaban J connectivity index is 2.07. The molecule has 1 aromatic rings. The lowest BCUT2D eigenvalue weighted by atomic mass is 10.0. The van der Waals surface area contributed by atoms with Crippen LogP contribution in [0.5, 0.6) is 0 Å². The zero-order chi connectivity index (χ0) is 17.6. The van der Waals surface area contributed by atoms with Gasteiger partial charge in [-0.2, -0.15) is 0 Å². The van der Waals surface area contributed by atoms with Gasteiger partial charge >= 0.3 is 0 Å². The average molecular weight is 354 g/mol. The third-order valence-corrected chi connectivity index (χ3v) is 5.21. The van der Waals surface area contributed by atoms with Gasteiger partial charge in [0.05, 0.1) is 19.0 Å². The number of ether oxygens (including phenoxy) is 1. The average Bonchev–Trinajstić information content (AvgIpc) is 2.54. The third-order valence-electron chi connectivity index (χ3n) is 3.85. The second-order valence-corrected chi connectivity index (χ2v) is 8.24. The molecule has 24 heavy (non-hydrogen) atoms. The summed E-state index contributed by atoms with van der Waals surface area (Å²) < 4.78 is 32.8. The largest absolute Gasteiger partial charge is 0.378 e. The van der Waals surface area contributed by atoms with Crippen LogP contribution in [-0.2, 0) is 25.3 Å². The Bertz CT molecular complexity index is 625. The van der Waals surface area contributed by atoms with Crippen molar-refractivity contribution in [3.63, 3.8) is 0 Å². The zero-order valence-corrected chi connectivity index (χ0v) is 15.1. The number of sulfonamides is 1. The molecule has 0 spiro atoms. The lowest BCUT2D eigenvalue weighted by molar-refractivity contribution is -0.137. The van der Waals surface area contributed by atoms with E-state index >= 15 is 0 Å². The summed E-state index contributed by atoms with van der Waals surface area (Å²) in [7, 11) is -3.59. The summed E-state index contributed by atoms with van der Waals surface area (Å²) in [6, 6.07) is 8.25. The van der Waals surface area contributed by atoms with Crippen molar-refractivity contribution in [2.45, 2.75) is 32.1 Å². The highest BCUT2D eigenvalue weighted by Gasteiger charge is 2.30. The second kappa shape index (κ2) is 8.60. The van der Waals surface area contributed by atoms with E-state index in [9.17, 15) is 13.2 Å². The van der Waals surface area contributed by atoms with Crippen molar-refractivity contribution in [2.75, 3.05) is 26.3 Å². The zero-order valence-electron chi connectivity index (χ0n) is 14.3. The molecule has 0 saturated carbocycles. The molecule has 1 heterocycles. The molecule has 0 aliphatic carbocycles. The number of amides is 1. The SMILES string of the molecule is CC(C)C[C@H](NS(=O)(=O)Cc1ccccc1)C(=O)N1CCOCC1. The van der Waals surface area contributed by atoms with E-state index < -0.39 is 16.1 Å². The highest BCUT2D eigenvalue weighted by molar-refractivity contribution is 7.88. The Morgan fingerprint density at radius 3 is 2.42 bits per heavy atom. The van der Waals surface area contributed by atoms with E-state index in [1.54, 1.807) is 29.2 Å². The first-order chi connectivity index (χ1) is 11.4. The summed E-state index contributed by atoms with van der Waals surface area (Å²) >= 11 is 0. The third kappa shape index (κ3) is 5.89. The molecule has 0 aromatic heterocycles. The summed E-state index contributed by atoms with van der Waals surface area (Å²) in [5.41, 5.74) is 0.701. The van der Waals surface area contributed by atoms with Crippen molar-refractivity contribution in [3.05, 3.63) is 35.9 Å². The lowest BCUT2D eigenvalue weighted by Gasteiger charge is -2.31. The Morgan fingerprint density at radius 1 is 1.21 bits per heavy atom. The first kappa shape index (κ1) is 18.9. The van der Waals surface area contributed by atoms with E-state index in [4.69, 9.17) is 4.74 Å². The number of benzene rings is 1.